The number of benzene rings is 2. The molecular formula is C27H30N2O7. The van der Waals surface area contributed by atoms with Crippen molar-refractivity contribution in [2.45, 2.75) is 40.5 Å². The second kappa shape index (κ2) is 11.5. The van der Waals surface area contributed by atoms with Crippen molar-refractivity contribution in [1.29, 1.82) is 0 Å². The van der Waals surface area contributed by atoms with Crippen LogP contribution in [0.3, 0.4) is 0 Å². The number of para-hydroxylation sites is 1. The first kappa shape index (κ1) is 26.5. The van der Waals surface area contributed by atoms with E-state index in [9.17, 15) is 19.7 Å². The van der Waals surface area contributed by atoms with Crippen molar-refractivity contribution in [3.05, 3.63) is 86.7 Å². The second-order valence-electron chi connectivity index (χ2n) is 7.95. The Morgan fingerprint density at radius 2 is 1.39 bits per heavy atom. The number of anilines is 1. The Bertz CT molecular complexity index is 1170. The van der Waals surface area contributed by atoms with E-state index >= 15 is 0 Å². The Hall–Kier alpha value is -4.14. The van der Waals surface area contributed by atoms with Crippen LogP contribution in [0.5, 0.6) is 5.75 Å². The lowest BCUT2D eigenvalue weighted by molar-refractivity contribution is -0.385. The van der Waals surface area contributed by atoms with Gasteiger partial charge in [-0.1, -0.05) is 18.2 Å². The minimum absolute atomic E-state index is 0.0969. The Morgan fingerprint density at radius 1 is 0.861 bits per heavy atom. The van der Waals surface area contributed by atoms with E-state index in [2.05, 4.69) is 0 Å². The van der Waals surface area contributed by atoms with Crippen molar-refractivity contribution in [1.82, 2.24) is 0 Å². The lowest BCUT2D eigenvalue weighted by Crippen LogP contribution is -2.35. The summed E-state index contributed by atoms with van der Waals surface area (Å²) in [5, 5.41) is 11.9. The molecule has 0 atom stereocenters. The van der Waals surface area contributed by atoms with E-state index in [-0.39, 0.29) is 35.6 Å². The fourth-order valence-corrected chi connectivity index (χ4v) is 4.46. The van der Waals surface area contributed by atoms with E-state index in [1.807, 2.05) is 19.1 Å². The first-order valence-electron chi connectivity index (χ1n) is 11.8. The number of esters is 2. The monoisotopic (exact) mass is 494 g/mol. The van der Waals surface area contributed by atoms with Crippen molar-refractivity contribution in [3.8, 4) is 5.75 Å². The molecule has 190 valence electrons. The molecule has 0 fully saturated rings. The summed E-state index contributed by atoms with van der Waals surface area (Å²) in [5.74, 6) is -1.70. The number of hydrogen-bond donors (Lipinski definition) is 0. The smallest absolute Gasteiger partial charge is 0.336 e. The summed E-state index contributed by atoms with van der Waals surface area (Å²) in [6.45, 7) is 9.41. The third kappa shape index (κ3) is 5.10. The van der Waals surface area contributed by atoms with E-state index in [0.29, 0.717) is 29.4 Å². The molecule has 0 saturated carbocycles. The Kier molecular flexibility index (Phi) is 8.47. The second-order valence-corrected chi connectivity index (χ2v) is 7.95. The molecule has 0 saturated heterocycles. The van der Waals surface area contributed by atoms with Gasteiger partial charge in [0.25, 0.3) is 5.69 Å². The summed E-state index contributed by atoms with van der Waals surface area (Å²) in [7, 11) is 0. The molecule has 0 spiro atoms. The molecule has 3 rings (SSSR count). The number of rotatable bonds is 9. The van der Waals surface area contributed by atoms with E-state index < -0.39 is 22.8 Å². The highest BCUT2D eigenvalue weighted by molar-refractivity contribution is 6.02. The van der Waals surface area contributed by atoms with Gasteiger partial charge in [0, 0.05) is 28.7 Å². The molecule has 0 aromatic heterocycles. The zero-order valence-electron chi connectivity index (χ0n) is 21.1. The molecule has 9 heteroatoms. The number of carbonyl (C=O) groups excluding carboxylic acids is 2. The molecule has 0 unspecified atom stereocenters. The molecule has 0 radical (unpaired) electrons. The summed E-state index contributed by atoms with van der Waals surface area (Å²) >= 11 is 0. The molecular weight excluding hydrogens is 464 g/mol. The van der Waals surface area contributed by atoms with Gasteiger partial charge in [-0.05, 0) is 58.9 Å². The quantitative estimate of drug-likeness (QED) is 0.263. The van der Waals surface area contributed by atoms with Gasteiger partial charge in [-0.25, -0.2) is 9.59 Å². The van der Waals surface area contributed by atoms with Gasteiger partial charge < -0.3 is 19.1 Å². The first-order chi connectivity index (χ1) is 17.3. The molecule has 36 heavy (non-hydrogen) atoms. The van der Waals surface area contributed by atoms with Gasteiger partial charge >= 0.3 is 11.9 Å². The lowest BCUT2D eigenvalue weighted by Gasteiger charge is -2.37. The molecule has 0 N–H and O–H groups in total. The molecule has 1 aliphatic heterocycles. The fraction of sp³-hybridized carbons (Fsp3) is 0.333. The van der Waals surface area contributed by atoms with Crippen LogP contribution < -0.4 is 9.64 Å². The normalized spacial score (nSPS) is 14.1. The maximum atomic E-state index is 13.4. The van der Waals surface area contributed by atoms with Gasteiger partial charge in [0.1, 0.15) is 5.75 Å². The fourth-order valence-electron chi connectivity index (χ4n) is 4.46. The molecule has 0 amide bonds. The van der Waals surface area contributed by atoms with E-state index in [1.165, 1.54) is 12.1 Å². The van der Waals surface area contributed by atoms with Gasteiger partial charge in [-0.3, -0.25) is 10.1 Å². The van der Waals surface area contributed by atoms with Crippen LogP contribution in [0, 0.1) is 10.1 Å². The molecule has 1 heterocycles. The number of allylic oxidation sites excluding steroid dienone is 2. The highest BCUT2D eigenvalue weighted by Crippen LogP contribution is 2.46. The molecule has 9 nitrogen and oxygen atoms in total. The van der Waals surface area contributed by atoms with Gasteiger partial charge in [0.2, 0.25) is 0 Å². The van der Waals surface area contributed by atoms with Crippen molar-refractivity contribution >= 4 is 23.3 Å². The zero-order chi connectivity index (χ0) is 26.4. The highest BCUT2D eigenvalue weighted by Gasteiger charge is 2.43. The molecule has 1 aliphatic rings. The minimum atomic E-state index is -1.05. The average molecular weight is 495 g/mol. The van der Waals surface area contributed by atoms with Gasteiger partial charge in [-0.2, -0.15) is 0 Å². The number of hydrogen-bond acceptors (Lipinski definition) is 8. The van der Waals surface area contributed by atoms with E-state index in [1.54, 1.807) is 56.9 Å². The number of nitro benzene ring substituents is 1. The predicted octanol–water partition coefficient (Wildman–Crippen LogP) is 5.27. The standard InChI is InChI=1S/C27H30N2O7/c1-6-34-20-15-13-19(14-16-20)28-17(4)23(26(30)35-7-2)25(24(18(28)5)27(31)36-8-3)21-11-9-10-12-22(21)29(32)33/h9-16,25H,6-8H2,1-5H3. The maximum absolute atomic E-state index is 13.4. The van der Waals surface area contributed by atoms with Crippen LogP contribution >= 0.6 is 0 Å². The van der Waals surface area contributed by atoms with Crippen LogP contribution in [-0.4, -0.2) is 36.7 Å². The van der Waals surface area contributed by atoms with Crippen molar-refractivity contribution in [3.63, 3.8) is 0 Å². The number of carbonyl (C=O) groups is 2. The first-order valence-corrected chi connectivity index (χ1v) is 11.8. The summed E-state index contributed by atoms with van der Waals surface area (Å²) in [6, 6.07) is 13.3. The molecule has 2 aromatic rings. The summed E-state index contributed by atoms with van der Waals surface area (Å²) < 4.78 is 16.3. The van der Waals surface area contributed by atoms with Crippen molar-refractivity contribution in [2.24, 2.45) is 0 Å². The average Bonchev–Trinajstić information content (AvgIpc) is 2.85. The number of ether oxygens (including phenoxy) is 3. The van der Waals surface area contributed by atoms with Crippen molar-refractivity contribution in [2.75, 3.05) is 24.7 Å². The summed E-state index contributed by atoms with van der Waals surface area (Å²) in [5.41, 5.74) is 1.93. The Labute approximate surface area is 210 Å². The summed E-state index contributed by atoms with van der Waals surface area (Å²) in [6.07, 6.45) is 0. The van der Waals surface area contributed by atoms with Gasteiger partial charge in [0.05, 0.1) is 41.8 Å². The lowest BCUT2D eigenvalue weighted by atomic mass is 9.79. The van der Waals surface area contributed by atoms with Crippen LogP contribution in [0.1, 0.15) is 46.1 Å². The Morgan fingerprint density at radius 3 is 1.86 bits per heavy atom. The number of nitro groups is 1. The predicted molar refractivity (Wildman–Crippen MR) is 135 cm³/mol. The zero-order valence-corrected chi connectivity index (χ0v) is 21.1. The SMILES string of the molecule is CCOC(=O)C1=C(C)N(c2ccc(OCC)cc2)C(C)=C(C(=O)OCC)C1c1ccccc1[N+](=O)[O-]. The molecule has 0 bridgehead atoms. The highest BCUT2D eigenvalue weighted by atomic mass is 16.6. The van der Waals surface area contributed by atoms with Crippen LogP contribution in [0.15, 0.2) is 71.1 Å². The third-order valence-electron chi connectivity index (χ3n) is 5.87. The largest absolute Gasteiger partial charge is 0.494 e. The van der Waals surface area contributed by atoms with Gasteiger partial charge in [0.15, 0.2) is 0 Å². The van der Waals surface area contributed by atoms with Crippen LogP contribution in [-0.2, 0) is 19.1 Å². The van der Waals surface area contributed by atoms with E-state index in [4.69, 9.17) is 14.2 Å². The van der Waals surface area contributed by atoms with Crippen molar-refractivity contribution < 1.29 is 28.7 Å². The van der Waals surface area contributed by atoms with Gasteiger partial charge in [-0.15, -0.1) is 0 Å². The minimum Gasteiger partial charge on any atom is -0.494 e. The maximum Gasteiger partial charge on any atom is 0.336 e. The van der Waals surface area contributed by atoms with Crippen LogP contribution in [0.4, 0.5) is 11.4 Å². The molecule has 0 aliphatic carbocycles. The Balaban J connectivity index is 2.34. The number of nitrogens with zero attached hydrogens (tertiary/aromatic N) is 2. The topological polar surface area (TPSA) is 108 Å². The molecule has 2 aromatic carbocycles. The third-order valence-corrected chi connectivity index (χ3v) is 5.87. The summed E-state index contributed by atoms with van der Waals surface area (Å²) in [4.78, 5) is 39.9. The van der Waals surface area contributed by atoms with Crippen LogP contribution in [0.25, 0.3) is 0 Å². The van der Waals surface area contributed by atoms with E-state index in [0.717, 1.165) is 0 Å². The van der Waals surface area contributed by atoms with Crippen LogP contribution in [0.2, 0.25) is 0 Å².